The third kappa shape index (κ3) is 3.59. The van der Waals surface area contributed by atoms with Gasteiger partial charge in [-0.05, 0) is 36.1 Å². The van der Waals surface area contributed by atoms with Gasteiger partial charge in [-0.1, -0.05) is 37.6 Å². The van der Waals surface area contributed by atoms with Crippen LogP contribution in [-0.4, -0.2) is 11.5 Å². The fourth-order valence-electron chi connectivity index (χ4n) is 2.07. The van der Waals surface area contributed by atoms with Gasteiger partial charge in [0.05, 0.1) is 0 Å². The molecule has 0 bridgehead atoms. The molecule has 1 aromatic carbocycles. The van der Waals surface area contributed by atoms with Gasteiger partial charge in [-0.2, -0.15) is 0 Å². The van der Waals surface area contributed by atoms with E-state index in [1.54, 1.807) is 0 Å². The molecule has 1 heterocycles. The number of aryl methyl sites for hydroxylation is 1. The van der Waals surface area contributed by atoms with Crippen LogP contribution in [-0.2, 0) is 12.8 Å². The van der Waals surface area contributed by atoms with Crippen LogP contribution in [0.1, 0.15) is 24.5 Å². The Labute approximate surface area is 109 Å². The van der Waals surface area contributed by atoms with Gasteiger partial charge in [0.2, 0.25) is 0 Å². The third-order valence-electron chi connectivity index (χ3n) is 2.99. The molecule has 0 saturated heterocycles. The summed E-state index contributed by atoms with van der Waals surface area (Å²) in [6, 6.07) is 12.7. The summed E-state index contributed by atoms with van der Waals surface area (Å²) in [6.45, 7) is 3.17. The van der Waals surface area contributed by atoms with Crippen LogP contribution in [0.25, 0.3) is 0 Å². The summed E-state index contributed by atoms with van der Waals surface area (Å²) in [5.74, 6) is 0. The number of para-hydroxylation sites is 1. The first-order chi connectivity index (χ1) is 8.90. The standard InChI is InChI=1S/C16H20N2/c1-2-6-15-8-3-4-9-16(15)18-12-10-14-7-5-11-17-13-14/h3-5,7-9,11,13,18H,2,6,10,12H2,1H3. The van der Waals surface area contributed by atoms with Gasteiger partial charge < -0.3 is 5.32 Å². The van der Waals surface area contributed by atoms with Crippen molar-refractivity contribution < 1.29 is 0 Å². The second-order valence-electron chi connectivity index (χ2n) is 4.45. The van der Waals surface area contributed by atoms with E-state index < -0.39 is 0 Å². The normalized spacial score (nSPS) is 10.3. The summed E-state index contributed by atoms with van der Waals surface area (Å²) in [7, 11) is 0. The Morgan fingerprint density at radius 3 is 2.72 bits per heavy atom. The average molecular weight is 240 g/mol. The van der Waals surface area contributed by atoms with Crippen molar-refractivity contribution in [1.82, 2.24) is 4.98 Å². The molecule has 2 heteroatoms. The summed E-state index contributed by atoms with van der Waals surface area (Å²) in [6.07, 6.45) is 7.07. The highest BCUT2D eigenvalue weighted by Crippen LogP contribution is 2.16. The van der Waals surface area contributed by atoms with Gasteiger partial charge in [0, 0.05) is 24.6 Å². The Morgan fingerprint density at radius 1 is 1.06 bits per heavy atom. The zero-order chi connectivity index (χ0) is 12.6. The van der Waals surface area contributed by atoms with Gasteiger partial charge in [-0.15, -0.1) is 0 Å². The highest BCUT2D eigenvalue weighted by Gasteiger charge is 2.00. The second-order valence-corrected chi connectivity index (χ2v) is 4.45. The van der Waals surface area contributed by atoms with Crippen LogP contribution in [0.2, 0.25) is 0 Å². The van der Waals surface area contributed by atoms with Gasteiger partial charge in [-0.3, -0.25) is 4.98 Å². The minimum absolute atomic E-state index is 0.951. The van der Waals surface area contributed by atoms with Gasteiger partial charge in [-0.25, -0.2) is 0 Å². The van der Waals surface area contributed by atoms with E-state index in [1.165, 1.54) is 23.2 Å². The van der Waals surface area contributed by atoms with E-state index in [4.69, 9.17) is 0 Å². The van der Waals surface area contributed by atoms with Crippen molar-refractivity contribution in [3.8, 4) is 0 Å². The number of anilines is 1. The number of nitrogens with zero attached hydrogens (tertiary/aromatic N) is 1. The lowest BCUT2D eigenvalue weighted by Gasteiger charge is -2.11. The molecule has 0 fully saturated rings. The molecular formula is C16H20N2. The minimum atomic E-state index is 0.951. The first-order valence-corrected chi connectivity index (χ1v) is 6.61. The predicted molar refractivity (Wildman–Crippen MR) is 76.9 cm³/mol. The molecule has 1 N–H and O–H groups in total. The monoisotopic (exact) mass is 240 g/mol. The zero-order valence-corrected chi connectivity index (χ0v) is 10.9. The predicted octanol–water partition coefficient (Wildman–Crippen LogP) is 3.69. The summed E-state index contributed by atoms with van der Waals surface area (Å²) in [5, 5.41) is 3.52. The average Bonchev–Trinajstić information content (AvgIpc) is 2.42. The smallest absolute Gasteiger partial charge is 0.0372 e. The molecule has 18 heavy (non-hydrogen) atoms. The van der Waals surface area contributed by atoms with Crippen LogP contribution in [0.15, 0.2) is 48.8 Å². The molecule has 0 saturated carbocycles. The van der Waals surface area contributed by atoms with Gasteiger partial charge in [0.25, 0.3) is 0 Å². The molecule has 94 valence electrons. The zero-order valence-electron chi connectivity index (χ0n) is 10.9. The molecule has 0 atom stereocenters. The topological polar surface area (TPSA) is 24.9 Å². The molecule has 0 aliphatic rings. The van der Waals surface area contributed by atoms with Crippen LogP contribution in [0.4, 0.5) is 5.69 Å². The molecule has 0 aliphatic heterocycles. The molecule has 2 rings (SSSR count). The molecule has 0 amide bonds. The Kier molecular flexibility index (Phi) is 4.77. The number of benzene rings is 1. The van der Waals surface area contributed by atoms with Crippen molar-refractivity contribution in [3.63, 3.8) is 0 Å². The lowest BCUT2D eigenvalue weighted by Crippen LogP contribution is -2.07. The molecule has 2 nitrogen and oxygen atoms in total. The van der Waals surface area contributed by atoms with E-state index in [0.29, 0.717) is 0 Å². The fourth-order valence-corrected chi connectivity index (χ4v) is 2.07. The maximum Gasteiger partial charge on any atom is 0.0372 e. The summed E-state index contributed by atoms with van der Waals surface area (Å²) in [5.41, 5.74) is 3.95. The lowest BCUT2D eigenvalue weighted by atomic mass is 10.1. The number of hydrogen-bond donors (Lipinski definition) is 1. The van der Waals surface area contributed by atoms with Crippen molar-refractivity contribution in [2.45, 2.75) is 26.2 Å². The Morgan fingerprint density at radius 2 is 1.94 bits per heavy atom. The van der Waals surface area contributed by atoms with Crippen LogP contribution >= 0.6 is 0 Å². The van der Waals surface area contributed by atoms with Crippen molar-refractivity contribution >= 4 is 5.69 Å². The molecule has 0 unspecified atom stereocenters. The Bertz CT molecular complexity index is 466. The lowest BCUT2D eigenvalue weighted by molar-refractivity contribution is 0.916. The Hall–Kier alpha value is -1.83. The molecule has 1 aromatic heterocycles. The number of hydrogen-bond acceptors (Lipinski definition) is 2. The number of nitrogens with one attached hydrogen (secondary N) is 1. The van der Waals surface area contributed by atoms with Crippen molar-refractivity contribution in [3.05, 3.63) is 59.9 Å². The number of aromatic nitrogens is 1. The first kappa shape index (κ1) is 12.6. The van der Waals surface area contributed by atoms with Crippen molar-refractivity contribution in [2.24, 2.45) is 0 Å². The van der Waals surface area contributed by atoms with Gasteiger partial charge >= 0.3 is 0 Å². The van der Waals surface area contributed by atoms with Crippen LogP contribution in [0, 0.1) is 0 Å². The highest BCUT2D eigenvalue weighted by atomic mass is 14.9. The van der Waals surface area contributed by atoms with Crippen LogP contribution < -0.4 is 5.32 Å². The van der Waals surface area contributed by atoms with E-state index in [0.717, 1.165) is 19.4 Å². The van der Waals surface area contributed by atoms with Gasteiger partial charge in [0.1, 0.15) is 0 Å². The van der Waals surface area contributed by atoms with E-state index in [1.807, 2.05) is 18.5 Å². The maximum absolute atomic E-state index is 4.13. The summed E-state index contributed by atoms with van der Waals surface area (Å²) >= 11 is 0. The van der Waals surface area contributed by atoms with E-state index >= 15 is 0 Å². The largest absolute Gasteiger partial charge is 0.384 e. The third-order valence-corrected chi connectivity index (χ3v) is 2.99. The highest BCUT2D eigenvalue weighted by molar-refractivity contribution is 5.51. The number of pyridine rings is 1. The summed E-state index contributed by atoms with van der Waals surface area (Å²) < 4.78 is 0. The molecule has 0 radical (unpaired) electrons. The fraction of sp³-hybridized carbons (Fsp3) is 0.312. The number of rotatable bonds is 6. The second kappa shape index (κ2) is 6.80. The van der Waals surface area contributed by atoms with Crippen LogP contribution in [0.3, 0.4) is 0 Å². The Balaban J connectivity index is 1.90. The van der Waals surface area contributed by atoms with Gasteiger partial charge in [0.15, 0.2) is 0 Å². The molecule has 2 aromatic rings. The van der Waals surface area contributed by atoms with E-state index in [9.17, 15) is 0 Å². The summed E-state index contributed by atoms with van der Waals surface area (Å²) in [4.78, 5) is 4.13. The molecule has 0 aliphatic carbocycles. The minimum Gasteiger partial charge on any atom is -0.384 e. The van der Waals surface area contributed by atoms with E-state index in [2.05, 4.69) is 47.6 Å². The van der Waals surface area contributed by atoms with Crippen LogP contribution in [0.5, 0.6) is 0 Å². The quantitative estimate of drug-likeness (QED) is 0.833. The first-order valence-electron chi connectivity index (χ1n) is 6.61. The van der Waals surface area contributed by atoms with Crippen molar-refractivity contribution in [2.75, 3.05) is 11.9 Å². The van der Waals surface area contributed by atoms with Crippen molar-refractivity contribution in [1.29, 1.82) is 0 Å². The maximum atomic E-state index is 4.13. The SMILES string of the molecule is CCCc1ccccc1NCCc1cccnc1. The molecular weight excluding hydrogens is 220 g/mol. The van der Waals surface area contributed by atoms with E-state index in [-0.39, 0.29) is 0 Å². The molecule has 0 spiro atoms.